The van der Waals surface area contributed by atoms with E-state index in [0.717, 1.165) is 0 Å². The second-order valence-electron chi connectivity index (χ2n) is 0. The largest absolute Gasteiger partial charge is 3.00 e. The van der Waals surface area contributed by atoms with Crippen LogP contribution in [0.2, 0.25) is 0 Å². The Labute approximate surface area is 42.5 Å². The maximum Gasteiger partial charge on any atom is 3.00 e. The number of rotatable bonds is 0. The Hall–Kier alpha value is 0.476. The van der Waals surface area contributed by atoms with Crippen molar-refractivity contribution in [1.29, 1.82) is 0 Å². The zero-order valence-corrected chi connectivity index (χ0v) is 4.84. The molecule has 0 fully saturated rings. The van der Waals surface area contributed by atoms with Gasteiger partial charge in [-0.3, -0.25) is 0 Å². The smallest absolute Gasteiger partial charge is 0.870 e. The number of hydrogen-bond acceptors (Lipinski definition) is 3. The molecule has 32 valence electrons. The molecule has 0 rings (SSSR count). The molecule has 4 nitrogen and oxygen atoms in total. The van der Waals surface area contributed by atoms with E-state index in [1.807, 2.05) is 0 Å². The van der Waals surface area contributed by atoms with Crippen molar-refractivity contribution in [1.82, 2.24) is 0 Å². The molecule has 0 saturated heterocycles. The average Bonchev–Trinajstić information content (AvgIpc) is 0. The van der Waals surface area contributed by atoms with Gasteiger partial charge in [0.2, 0.25) is 0 Å². The fourth-order valence-corrected chi connectivity index (χ4v) is 0. The van der Waals surface area contributed by atoms with Gasteiger partial charge in [-0.2, -0.15) is 0 Å². The fourth-order valence-electron chi connectivity index (χ4n) is 0. The first-order valence-corrected chi connectivity index (χ1v) is 0. The molecule has 5 heavy (non-hydrogen) atoms. The van der Waals surface area contributed by atoms with Crippen LogP contribution in [0, 0.1) is 0 Å². The van der Waals surface area contributed by atoms with Gasteiger partial charge in [0.1, 0.15) is 0 Å². The summed E-state index contributed by atoms with van der Waals surface area (Å²) in [5, 5.41) is 0. The molecule has 0 atom stereocenters. The van der Waals surface area contributed by atoms with Gasteiger partial charge in [-0.1, -0.05) is 0 Å². The molecule has 0 unspecified atom stereocenters. The van der Waals surface area contributed by atoms with E-state index in [9.17, 15) is 0 Å². The van der Waals surface area contributed by atoms with E-state index in [-0.39, 0.29) is 41.7 Å². The van der Waals surface area contributed by atoms with Gasteiger partial charge in [-0.25, -0.2) is 0 Å². The van der Waals surface area contributed by atoms with Crippen LogP contribution in [0.5, 0.6) is 0 Å². The number of hydrogen-bond donors (Lipinski definition) is 0. The molecule has 5 N–H and O–H groups in total. The van der Waals surface area contributed by atoms with Gasteiger partial charge in [0.25, 0.3) is 0 Å². The summed E-state index contributed by atoms with van der Waals surface area (Å²) in [5.74, 6) is 0. The van der Waals surface area contributed by atoms with Crippen molar-refractivity contribution in [2.75, 3.05) is 0 Å². The molecule has 0 aromatic carbocycles. The summed E-state index contributed by atoms with van der Waals surface area (Å²) in [7, 11) is 0. The van der Waals surface area contributed by atoms with Gasteiger partial charge in [-0.05, 0) is 0 Å². The molecule has 0 radical (unpaired) electrons. The van der Waals surface area contributed by atoms with Crippen LogP contribution in [0.25, 0.3) is 0 Å². The van der Waals surface area contributed by atoms with Crippen molar-refractivity contribution in [2.24, 2.45) is 0 Å². The zero-order valence-electron chi connectivity index (χ0n) is 2.42. The summed E-state index contributed by atoms with van der Waals surface area (Å²) in [6.45, 7) is 0. The van der Waals surface area contributed by atoms with E-state index in [1.54, 1.807) is 0 Å². The average molecular weight is 139 g/mol. The summed E-state index contributed by atoms with van der Waals surface area (Å²) in [5.41, 5.74) is 0. The zero-order chi connectivity index (χ0) is 0. The molecule has 0 saturated carbocycles. The Morgan fingerprint density at radius 2 is 0.600 bits per heavy atom. The van der Waals surface area contributed by atoms with E-state index in [0.29, 0.717) is 0 Å². The predicted octanol–water partition coefficient (Wildman–Crippen LogP) is -1.74. The summed E-state index contributed by atoms with van der Waals surface area (Å²) in [6.07, 6.45) is 0. The van der Waals surface area contributed by atoms with Crippen LogP contribution in [0.4, 0.5) is 0 Å². The quantitative estimate of drug-likeness (QED) is 0.370. The molecule has 0 aliphatic carbocycles. The van der Waals surface area contributed by atoms with Gasteiger partial charge < -0.3 is 21.9 Å². The summed E-state index contributed by atoms with van der Waals surface area (Å²) < 4.78 is 0. The monoisotopic (exact) mass is 138 g/mol. The Kier molecular flexibility index (Phi) is 23100. The van der Waals surface area contributed by atoms with Crippen molar-refractivity contribution in [3.8, 4) is 0 Å². The first-order valence-electron chi connectivity index (χ1n) is 0. The fraction of sp³-hybridized carbons (Fsp3) is 0. The van der Waals surface area contributed by atoms with Crippen LogP contribution >= 0.6 is 0 Å². The first-order chi connectivity index (χ1) is 0. The van der Waals surface area contributed by atoms with Crippen LogP contribution in [0.15, 0.2) is 0 Å². The van der Waals surface area contributed by atoms with Crippen LogP contribution in [-0.2, 0) is 0 Å². The third-order valence-electron chi connectivity index (χ3n) is 0. The molecule has 0 spiro atoms. The van der Waals surface area contributed by atoms with Gasteiger partial charge in [0.15, 0.2) is 0 Å². The van der Waals surface area contributed by atoms with Crippen molar-refractivity contribution in [3.05, 3.63) is 0 Å². The van der Waals surface area contributed by atoms with E-state index in [2.05, 4.69) is 0 Å². The van der Waals surface area contributed by atoms with E-state index < -0.39 is 0 Å². The summed E-state index contributed by atoms with van der Waals surface area (Å²) in [6, 6.07) is 0. The van der Waals surface area contributed by atoms with Crippen molar-refractivity contribution < 1.29 is 21.9 Å². The van der Waals surface area contributed by atoms with Crippen LogP contribution in [-0.4, -0.2) is 41.7 Å². The van der Waals surface area contributed by atoms with Gasteiger partial charge in [0.05, 0.1) is 0 Å². The van der Waals surface area contributed by atoms with Crippen molar-refractivity contribution >= 4 is 19.8 Å². The van der Waals surface area contributed by atoms with Crippen LogP contribution < -0.4 is 0 Å². The first kappa shape index (κ1) is 484. The Morgan fingerprint density at radius 3 is 0.600 bits per heavy atom. The van der Waals surface area contributed by atoms with Gasteiger partial charge in [-0.15, -0.1) is 0 Å². The van der Waals surface area contributed by atoms with Gasteiger partial charge >= 0.3 is 19.8 Å². The predicted molar refractivity (Wildman–Crippen MR) is 15.2 cm³/mol. The maximum atomic E-state index is 0. The van der Waals surface area contributed by atoms with E-state index >= 15 is 0 Å². The van der Waals surface area contributed by atoms with E-state index in [1.165, 1.54) is 0 Å². The van der Waals surface area contributed by atoms with Crippen LogP contribution in [0.3, 0.4) is 0 Å². The minimum absolute atomic E-state index is 0. The second kappa shape index (κ2) is 238. The Morgan fingerprint density at radius 1 is 0.600 bits per heavy atom. The topological polar surface area (TPSA) is 122 Å². The standard InChI is InChI=1S/Ga.4H2O/h;4*1H2/q+3;;;;/p-3. The molecule has 0 aliphatic heterocycles. The molecule has 0 amide bonds. The summed E-state index contributed by atoms with van der Waals surface area (Å²) >= 11 is 0. The van der Waals surface area contributed by atoms with Gasteiger partial charge in [0, 0.05) is 0 Å². The van der Waals surface area contributed by atoms with E-state index in [4.69, 9.17) is 0 Å². The normalized spacial score (nSPS) is 0. The summed E-state index contributed by atoms with van der Waals surface area (Å²) in [4.78, 5) is 0. The Balaban J connectivity index is 0. The molecular formula is H5GaO4. The third kappa shape index (κ3) is 121. The molecule has 0 bridgehead atoms. The second-order valence-corrected chi connectivity index (χ2v) is 0. The minimum Gasteiger partial charge on any atom is -0.870 e. The molecule has 0 aromatic rings. The maximum absolute atomic E-state index is 0. The molecule has 0 aromatic heterocycles. The van der Waals surface area contributed by atoms with Crippen LogP contribution in [0.1, 0.15) is 0 Å². The molecule has 5 heteroatoms. The Bertz CT molecular complexity index is 3.61. The van der Waals surface area contributed by atoms with Crippen molar-refractivity contribution in [2.45, 2.75) is 0 Å². The molecule has 0 heterocycles. The third-order valence-corrected chi connectivity index (χ3v) is 0. The molecular weight excluding hydrogens is 134 g/mol. The minimum atomic E-state index is 0. The molecule has 0 aliphatic rings. The SMILES string of the molecule is O.[Ga+3].[OH-].[OH-].[OH-]. The van der Waals surface area contributed by atoms with Crippen molar-refractivity contribution in [3.63, 3.8) is 0 Å².